The van der Waals surface area contributed by atoms with Crippen LogP contribution >= 0.6 is 23.1 Å². The first-order chi connectivity index (χ1) is 13.3. The van der Waals surface area contributed by atoms with Gasteiger partial charge in [0.2, 0.25) is 4.96 Å². The molecule has 0 radical (unpaired) electrons. The fourth-order valence-corrected chi connectivity index (χ4v) is 4.72. The quantitative estimate of drug-likeness (QED) is 0.419. The number of nitrogens with zero attached hydrogens (tertiary/aromatic N) is 3. The molecule has 0 saturated carbocycles. The summed E-state index contributed by atoms with van der Waals surface area (Å²) in [6.45, 7) is 0. The lowest BCUT2D eigenvalue weighted by Crippen LogP contribution is -1.95. The van der Waals surface area contributed by atoms with E-state index in [4.69, 9.17) is 9.47 Å². The summed E-state index contributed by atoms with van der Waals surface area (Å²) >= 11 is 3.33. The summed E-state index contributed by atoms with van der Waals surface area (Å²) in [6, 6.07) is 16.4. The van der Waals surface area contributed by atoms with Crippen LogP contribution in [0.25, 0.3) is 16.2 Å². The Labute approximate surface area is 166 Å². The van der Waals surface area contributed by atoms with Crippen LogP contribution in [-0.4, -0.2) is 34.6 Å². The molecule has 0 amide bonds. The number of hydrogen-bond donors (Lipinski definition) is 0. The fraction of sp³-hybridized carbons (Fsp3) is 0.200. The Bertz CT molecular complexity index is 1040. The number of fused-ring (bicyclic) bond motifs is 1. The predicted octanol–water partition coefficient (Wildman–Crippen LogP) is 4.81. The zero-order chi connectivity index (χ0) is 18.6. The minimum Gasteiger partial charge on any atom is -0.493 e. The molecule has 138 valence electrons. The van der Waals surface area contributed by atoms with Gasteiger partial charge in [-0.3, -0.25) is 4.40 Å². The maximum Gasteiger partial charge on any atom is 0.217 e. The van der Waals surface area contributed by atoms with E-state index >= 15 is 0 Å². The minimum absolute atomic E-state index is 0.749. The van der Waals surface area contributed by atoms with Crippen molar-refractivity contribution in [1.82, 2.24) is 14.6 Å². The van der Waals surface area contributed by atoms with E-state index in [-0.39, 0.29) is 0 Å². The van der Waals surface area contributed by atoms with E-state index in [0.29, 0.717) is 0 Å². The van der Waals surface area contributed by atoms with Crippen LogP contribution in [0.4, 0.5) is 0 Å². The van der Waals surface area contributed by atoms with Crippen molar-refractivity contribution in [2.45, 2.75) is 11.6 Å². The molecule has 4 rings (SSSR count). The van der Waals surface area contributed by atoms with Crippen molar-refractivity contribution < 1.29 is 9.47 Å². The van der Waals surface area contributed by atoms with E-state index in [2.05, 4.69) is 38.2 Å². The monoisotopic (exact) mass is 397 g/mol. The maximum absolute atomic E-state index is 5.38. The van der Waals surface area contributed by atoms with Crippen molar-refractivity contribution in [3.8, 4) is 22.8 Å². The number of aromatic nitrogens is 3. The van der Waals surface area contributed by atoms with Crippen LogP contribution in [0, 0.1) is 0 Å². The average Bonchev–Trinajstić information content (AvgIpc) is 3.31. The second-order valence-electron chi connectivity index (χ2n) is 5.88. The van der Waals surface area contributed by atoms with E-state index in [0.717, 1.165) is 39.5 Å². The van der Waals surface area contributed by atoms with Gasteiger partial charge < -0.3 is 9.47 Å². The molecule has 2 aromatic heterocycles. The predicted molar refractivity (Wildman–Crippen MR) is 110 cm³/mol. The van der Waals surface area contributed by atoms with Crippen LogP contribution in [0.2, 0.25) is 0 Å². The molecule has 0 atom stereocenters. The molecule has 27 heavy (non-hydrogen) atoms. The van der Waals surface area contributed by atoms with Gasteiger partial charge >= 0.3 is 0 Å². The fourth-order valence-electron chi connectivity index (χ4n) is 2.90. The highest BCUT2D eigenvalue weighted by atomic mass is 32.2. The number of hydrogen-bond acceptors (Lipinski definition) is 6. The molecule has 4 aromatic rings. The zero-order valence-electron chi connectivity index (χ0n) is 15.1. The summed E-state index contributed by atoms with van der Waals surface area (Å²) in [5, 5.41) is 11.7. The molecule has 0 spiro atoms. The number of methoxy groups -OCH3 is 2. The molecule has 0 aliphatic heterocycles. The summed E-state index contributed by atoms with van der Waals surface area (Å²) in [4.78, 5) is 0.919. The molecule has 2 aromatic carbocycles. The number of thioether (sulfide) groups is 1. The van der Waals surface area contributed by atoms with Gasteiger partial charge in [-0.1, -0.05) is 48.2 Å². The number of thiazole rings is 1. The number of benzene rings is 2. The second kappa shape index (κ2) is 8.02. The number of aryl methyl sites for hydroxylation is 1. The van der Waals surface area contributed by atoms with Gasteiger partial charge in [0.05, 0.1) is 19.9 Å². The molecular weight excluding hydrogens is 378 g/mol. The number of rotatable bonds is 7. The Balaban J connectivity index is 1.51. The lowest BCUT2D eigenvalue weighted by Gasteiger charge is -2.09. The van der Waals surface area contributed by atoms with Crippen LogP contribution in [-0.2, 0) is 6.42 Å². The Morgan fingerprint density at radius 3 is 2.59 bits per heavy atom. The van der Waals surface area contributed by atoms with Crippen LogP contribution in [0.15, 0.2) is 59.1 Å². The average molecular weight is 398 g/mol. The van der Waals surface area contributed by atoms with Crippen LogP contribution < -0.4 is 9.47 Å². The van der Waals surface area contributed by atoms with Gasteiger partial charge in [0.1, 0.15) is 0 Å². The standard InChI is InChI=1S/C20H19N3O2S2/c1-24-17-9-8-14(12-18(17)25-2)10-11-26-19-21-22-20-23(19)16(13-27-20)15-6-4-3-5-7-15/h3-9,12-13H,10-11H2,1-2H3. The number of ether oxygens (including phenoxy) is 2. The molecule has 5 nitrogen and oxygen atoms in total. The molecule has 0 N–H and O–H groups in total. The molecular formula is C20H19N3O2S2. The second-order valence-corrected chi connectivity index (χ2v) is 7.77. The first kappa shape index (κ1) is 17.9. The molecule has 0 fully saturated rings. The molecule has 0 aliphatic rings. The third-order valence-corrected chi connectivity index (χ3v) is 6.01. The molecule has 7 heteroatoms. The first-order valence-electron chi connectivity index (χ1n) is 8.52. The van der Waals surface area contributed by atoms with Gasteiger partial charge in [0, 0.05) is 11.1 Å². The molecule has 2 heterocycles. The van der Waals surface area contributed by atoms with Gasteiger partial charge in [-0.05, 0) is 29.7 Å². The first-order valence-corrected chi connectivity index (χ1v) is 10.4. The molecule has 0 unspecified atom stereocenters. The van der Waals surface area contributed by atoms with Gasteiger partial charge in [0.25, 0.3) is 0 Å². The third kappa shape index (κ3) is 3.65. The Morgan fingerprint density at radius 1 is 1.00 bits per heavy atom. The Hall–Kier alpha value is -2.51. The van der Waals surface area contributed by atoms with E-state index in [1.807, 2.05) is 30.3 Å². The zero-order valence-corrected chi connectivity index (χ0v) is 16.7. The van der Waals surface area contributed by atoms with Gasteiger partial charge in [0.15, 0.2) is 16.7 Å². The van der Waals surface area contributed by atoms with Gasteiger partial charge in [-0.2, -0.15) is 0 Å². The van der Waals surface area contributed by atoms with E-state index in [1.54, 1.807) is 37.3 Å². The summed E-state index contributed by atoms with van der Waals surface area (Å²) < 4.78 is 12.8. The summed E-state index contributed by atoms with van der Waals surface area (Å²) in [5.41, 5.74) is 3.51. The lowest BCUT2D eigenvalue weighted by molar-refractivity contribution is 0.354. The van der Waals surface area contributed by atoms with Crippen LogP contribution in [0.3, 0.4) is 0 Å². The molecule has 0 bridgehead atoms. The largest absolute Gasteiger partial charge is 0.493 e. The summed E-state index contributed by atoms with van der Waals surface area (Å²) in [5.74, 6) is 2.41. The summed E-state index contributed by atoms with van der Waals surface area (Å²) in [6.07, 6.45) is 0.907. The Kier molecular flexibility index (Phi) is 5.31. The van der Waals surface area contributed by atoms with Crippen LogP contribution in [0.5, 0.6) is 11.5 Å². The van der Waals surface area contributed by atoms with Crippen molar-refractivity contribution in [3.05, 3.63) is 59.5 Å². The van der Waals surface area contributed by atoms with Crippen molar-refractivity contribution >= 4 is 28.1 Å². The lowest BCUT2D eigenvalue weighted by atomic mass is 10.1. The summed E-state index contributed by atoms with van der Waals surface area (Å²) in [7, 11) is 3.31. The highest BCUT2D eigenvalue weighted by Crippen LogP contribution is 2.31. The smallest absolute Gasteiger partial charge is 0.217 e. The molecule has 0 saturated heterocycles. The molecule has 0 aliphatic carbocycles. The van der Waals surface area contributed by atoms with Crippen molar-refractivity contribution in [1.29, 1.82) is 0 Å². The normalized spacial score (nSPS) is 11.0. The van der Waals surface area contributed by atoms with Crippen molar-refractivity contribution in [3.63, 3.8) is 0 Å². The van der Waals surface area contributed by atoms with Crippen molar-refractivity contribution in [2.75, 3.05) is 20.0 Å². The topological polar surface area (TPSA) is 48.7 Å². The maximum atomic E-state index is 5.38. The Morgan fingerprint density at radius 2 is 1.81 bits per heavy atom. The van der Waals surface area contributed by atoms with Crippen LogP contribution in [0.1, 0.15) is 5.56 Å². The van der Waals surface area contributed by atoms with Gasteiger partial charge in [-0.25, -0.2) is 0 Å². The van der Waals surface area contributed by atoms with E-state index in [1.165, 1.54) is 11.1 Å². The SMILES string of the molecule is COc1ccc(CCSc2nnc3scc(-c4ccccc4)n23)cc1OC. The van der Waals surface area contributed by atoms with Crippen molar-refractivity contribution in [2.24, 2.45) is 0 Å². The highest BCUT2D eigenvalue weighted by molar-refractivity contribution is 7.99. The van der Waals surface area contributed by atoms with E-state index < -0.39 is 0 Å². The minimum atomic E-state index is 0.749. The third-order valence-electron chi connectivity index (χ3n) is 4.26. The van der Waals surface area contributed by atoms with Gasteiger partial charge in [-0.15, -0.1) is 21.5 Å². The van der Waals surface area contributed by atoms with E-state index in [9.17, 15) is 0 Å². The highest BCUT2D eigenvalue weighted by Gasteiger charge is 2.14.